The van der Waals surface area contributed by atoms with E-state index < -0.39 is 39.1 Å². The molecule has 4 rings (SSSR count). The van der Waals surface area contributed by atoms with Crippen molar-refractivity contribution in [2.24, 2.45) is 5.41 Å². The van der Waals surface area contributed by atoms with Crippen LogP contribution in [0, 0.1) is 12.3 Å². The van der Waals surface area contributed by atoms with Crippen molar-refractivity contribution in [2.45, 2.75) is 109 Å². The fourth-order valence-electron chi connectivity index (χ4n) is 6.22. The topological polar surface area (TPSA) is 164 Å². The van der Waals surface area contributed by atoms with Gasteiger partial charge in [0.25, 0.3) is 0 Å². The Balaban J connectivity index is 1.28. The summed E-state index contributed by atoms with van der Waals surface area (Å²) in [4.78, 5) is 58.2. The number of nitrogens with zero attached hydrogens (tertiary/aromatic N) is 3. The molecular weight excluding hydrogens is 675 g/mol. The number of fused-ring (bicyclic) bond motifs is 1. The molecule has 0 aliphatic carbocycles. The lowest BCUT2D eigenvalue weighted by Gasteiger charge is -2.47. The zero-order valence-corrected chi connectivity index (χ0v) is 31.6. The highest BCUT2D eigenvalue weighted by molar-refractivity contribution is 7.89. The van der Waals surface area contributed by atoms with E-state index in [1.165, 1.54) is 4.31 Å². The maximum atomic E-state index is 13.6. The third-order valence-corrected chi connectivity index (χ3v) is 10.9. The molecule has 14 heteroatoms. The largest absolute Gasteiger partial charge is 0.466 e. The van der Waals surface area contributed by atoms with Gasteiger partial charge in [0.05, 0.1) is 29.4 Å². The number of unbranched alkanes of at least 4 members (excludes halogenated alkanes) is 1. The maximum Gasteiger partial charge on any atom is 0.416 e. The molecule has 2 aliphatic heterocycles. The van der Waals surface area contributed by atoms with Crippen LogP contribution in [-0.4, -0.2) is 86.0 Å². The minimum Gasteiger partial charge on any atom is -0.466 e. The van der Waals surface area contributed by atoms with Crippen LogP contribution in [0.4, 0.5) is 10.6 Å². The first-order valence-electron chi connectivity index (χ1n) is 17.9. The van der Waals surface area contributed by atoms with E-state index in [9.17, 15) is 27.6 Å². The zero-order valence-electron chi connectivity index (χ0n) is 30.7. The highest BCUT2D eigenvalue weighted by Gasteiger charge is 2.52. The van der Waals surface area contributed by atoms with Gasteiger partial charge in [0.2, 0.25) is 21.8 Å². The third kappa shape index (κ3) is 10.5. The van der Waals surface area contributed by atoms with E-state index in [1.807, 2.05) is 52.8 Å². The van der Waals surface area contributed by atoms with Crippen LogP contribution >= 0.6 is 0 Å². The van der Waals surface area contributed by atoms with E-state index in [4.69, 9.17) is 14.5 Å². The molecule has 0 bridgehead atoms. The molecule has 0 spiro atoms. The van der Waals surface area contributed by atoms with E-state index in [1.54, 1.807) is 30.0 Å². The number of hydrogen-bond acceptors (Lipinski definition) is 9. The van der Waals surface area contributed by atoms with Crippen LogP contribution in [0.1, 0.15) is 90.0 Å². The SMILES string of the molecule is CCOC(=O)CC(CNC(=O)CCCCc1ccc2c(n1)N(C(=O)OC(C)(C)C)CCC2)NC(=O)C1(CC)CN(S(=O)(=O)c2cccc(C)c2)C1. The molecule has 13 nitrogen and oxygen atoms in total. The van der Waals surface area contributed by atoms with Crippen LogP contribution in [0.2, 0.25) is 0 Å². The number of carbonyl (C=O) groups excluding carboxylic acids is 4. The molecule has 2 aromatic rings. The number of sulfonamides is 1. The molecule has 1 atom stereocenters. The Morgan fingerprint density at radius 1 is 1.06 bits per heavy atom. The zero-order chi connectivity index (χ0) is 37.4. The summed E-state index contributed by atoms with van der Waals surface area (Å²) in [5.41, 5.74) is 1.09. The Labute approximate surface area is 301 Å². The minimum absolute atomic E-state index is 0.0152. The Morgan fingerprint density at radius 2 is 1.80 bits per heavy atom. The van der Waals surface area contributed by atoms with Gasteiger partial charge in [-0.15, -0.1) is 0 Å². The Morgan fingerprint density at radius 3 is 2.47 bits per heavy atom. The van der Waals surface area contributed by atoms with Crippen LogP contribution in [0.25, 0.3) is 0 Å². The monoisotopic (exact) mass is 727 g/mol. The lowest BCUT2D eigenvalue weighted by Crippen LogP contribution is -2.65. The van der Waals surface area contributed by atoms with Crippen molar-refractivity contribution in [3.63, 3.8) is 0 Å². The maximum absolute atomic E-state index is 13.6. The summed E-state index contributed by atoms with van der Waals surface area (Å²) in [6.07, 6.45) is 3.66. The van der Waals surface area contributed by atoms with Gasteiger partial charge in [-0.1, -0.05) is 25.1 Å². The van der Waals surface area contributed by atoms with E-state index in [-0.39, 0.29) is 55.8 Å². The molecule has 3 heterocycles. The molecule has 3 amide bonds. The summed E-state index contributed by atoms with van der Waals surface area (Å²) in [6.45, 7) is 11.6. The number of carbonyl (C=O) groups is 4. The van der Waals surface area contributed by atoms with Gasteiger partial charge in [-0.3, -0.25) is 19.3 Å². The van der Waals surface area contributed by atoms with Gasteiger partial charge >= 0.3 is 12.1 Å². The number of esters is 1. The van der Waals surface area contributed by atoms with Crippen LogP contribution < -0.4 is 15.5 Å². The molecule has 51 heavy (non-hydrogen) atoms. The lowest BCUT2D eigenvalue weighted by atomic mass is 9.78. The van der Waals surface area contributed by atoms with Gasteiger partial charge < -0.3 is 20.1 Å². The number of hydrogen-bond donors (Lipinski definition) is 2. The van der Waals surface area contributed by atoms with Crippen LogP contribution in [0.5, 0.6) is 0 Å². The second-order valence-corrected chi connectivity index (χ2v) is 16.4. The van der Waals surface area contributed by atoms with Crippen LogP contribution in [0.3, 0.4) is 0 Å². The molecule has 0 radical (unpaired) electrons. The summed E-state index contributed by atoms with van der Waals surface area (Å²) < 4.78 is 38.4. The minimum atomic E-state index is -3.76. The van der Waals surface area contributed by atoms with E-state index in [0.29, 0.717) is 38.0 Å². The van der Waals surface area contributed by atoms with E-state index in [0.717, 1.165) is 29.7 Å². The highest BCUT2D eigenvalue weighted by atomic mass is 32.2. The summed E-state index contributed by atoms with van der Waals surface area (Å²) in [5, 5.41) is 5.73. The first-order valence-corrected chi connectivity index (χ1v) is 19.3. The molecule has 1 fully saturated rings. The average Bonchev–Trinajstić information content (AvgIpc) is 3.04. The van der Waals surface area contributed by atoms with Gasteiger partial charge in [-0.2, -0.15) is 4.31 Å². The average molecular weight is 728 g/mol. The lowest BCUT2D eigenvalue weighted by molar-refractivity contribution is -0.145. The fraction of sp³-hybridized carbons (Fsp3) is 0.595. The van der Waals surface area contributed by atoms with Gasteiger partial charge in [-0.25, -0.2) is 18.2 Å². The Kier molecular flexibility index (Phi) is 13.2. The van der Waals surface area contributed by atoms with E-state index in [2.05, 4.69) is 10.6 Å². The summed E-state index contributed by atoms with van der Waals surface area (Å²) in [7, 11) is -3.76. The summed E-state index contributed by atoms with van der Waals surface area (Å²) in [6, 6.07) is 9.88. The number of aromatic nitrogens is 1. The van der Waals surface area contributed by atoms with Crippen molar-refractivity contribution < 1.29 is 37.1 Å². The molecular formula is C37H53N5O8S. The number of aryl methyl sites for hydroxylation is 3. The van der Waals surface area contributed by atoms with Crippen molar-refractivity contribution in [3.05, 3.63) is 53.2 Å². The predicted octanol–water partition coefficient (Wildman–Crippen LogP) is 4.45. The molecule has 2 N–H and O–H groups in total. The number of nitrogens with one attached hydrogen (secondary N) is 2. The number of pyridine rings is 1. The normalized spacial score (nSPS) is 16.3. The van der Waals surface area contributed by atoms with Crippen molar-refractivity contribution in [1.29, 1.82) is 0 Å². The molecule has 1 aromatic heterocycles. The van der Waals surface area contributed by atoms with Gasteiger partial charge in [0.1, 0.15) is 11.4 Å². The second kappa shape index (κ2) is 17.0. The molecule has 0 saturated carbocycles. The first-order chi connectivity index (χ1) is 24.1. The third-order valence-electron chi connectivity index (χ3n) is 9.14. The number of anilines is 1. The Bertz CT molecular complexity index is 1680. The molecule has 1 unspecified atom stereocenters. The first kappa shape index (κ1) is 39.7. The van der Waals surface area contributed by atoms with Crippen molar-refractivity contribution >= 4 is 39.7 Å². The molecule has 1 saturated heterocycles. The van der Waals surface area contributed by atoms with Crippen LogP contribution in [-0.2, 0) is 46.7 Å². The van der Waals surface area contributed by atoms with Gasteiger partial charge in [-0.05, 0) is 102 Å². The van der Waals surface area contributed by atoms with E-state index >= 15 is 0 Å². The standard InChI is InChI=1S/C37H53N5O8S/c1-7-37(24-41(25-37)51(47,48)30-16-11-13-26(3)21-30)34(45)40-29(22-32(44)49-8-2)23-38-31(43)17-10-9-15-28-19-18-27-14-12-20-42(33(27)39-28)35(46)50-36(4,5)6/h11,13,16,18-19,21,29H,7-10,12,14-15,17,20,22-25H2,1-6H3,(H,38,43)(H,40,45). The second-order valence-electron chi connectivity index (χ2n) is 14.4. The van der Waals surface area contributed by atoms with Gasteiger partial charge in [0.15, 0.2) is 0 Å². The molecule has 280 valence electrons. The highest BCUT2D eigenvalue weighted by Crippen LogP contribution is 2.38. The molecule has 1 aromatic carbocycles. The number of ether oxygens (including phenoxy) is 2. The van der Waals surface area contributed by atoms with Crippen molar-refractivity contribution in [3.8, 4) is 0 Å². The number of amides is 3. The van der Waals surface area contributed by atoms with Gasteiger partial charge in [0, 0.05) is 38.3 Å². The number of benzene rings is 1. The fourth-order valence-corrected chi connectivity index (χ4v) is 7.93. The van der Waals surface area contributed by atoms with Crippen molar-refractivity contribution in [1.82, 2.24) is 19.9 Å². The molecule has 2 aliphatic rings. The predicted molar refractivity (Wildman–Crippen MR) is 193 cm³/mol. The summed E-state index contributed by atoms with van der Waals surface area (Å²) >= 11 is 0. The smallest absolute Gasteiger partial charge is 0.416 e. The Hall–Kier alpha value is -4.04. The van der Waals surface area contributed by atoms with Crippen molar-refractivity contribution in [2.75, 3.05) is 37.7 Å². The summed E-state index contributed by atoms with van der Waals surface area (Å²) in [5.74, 6) is -0.473. The van der Waals surface area contributed by atoms with Crippen LogP contribution in [0.15, 0.2) is 41.3 Å². The quantitative estimate of drug-likeness (QED) is 0.199. The number of rotatable bonds is 15.